The van der Waals surface area contributed by atoms with Crippen molar-refractivity contribution in [1.29, 1.82) is 0 Å². The van der Waals surface area contributed by atoms with Crippen LogP contribution in [0.25, 0.3) is 0 Å². The largest absolute Gasteiger partial charge is 0.389 e. The van der Waals surface area contributed by atoms with Crippen molar-refractivity contribution in [2.45, 2.75) is 58.5 Å². The topological polar surface area (TPSA) is 55.5 Å². The Labute approximate surface area is 86.6 Å². The van der Waals surface area contributed by atoms with Gasteiger partial charge in [0.15, 0.2) is 0 Å². The smallest absolute Gasteiger partial charge is 0.0977 e. The van der Waals surface area contributed by atoms with E-state index in [-0.39, 0.29) is 18.2 Å². The second-order valence-corrected chi connectivity index (χ2v) is 5.08. The van der Waals surface area contributed by atoms with E-state index in [1.807, 2.05) is 0 Å². The van der Waals surface area contributed by atoms with Gasteiger partial charge < -0.3 is 15.6 Å². The normalized spacial score (nSPS) is 38.6. The minimum atomic E-state index is -0.496. The molecule has 1 fully saturated rings. The van der Waals surface area contributed by atoms with Gasteiger partial charge in [0, 0.05) is 0 Å². The highest BCUT2D eigenvalue weighted by Gasteiger charge is 2.42. The number of aliphatic hydroxyl groups is 1. The summed E-state index contributed by atoms with van der Waals surface area (Å²) in [6.45, 7) is 8.42. The third-order valence-corrected chi connectivity index (χ3v) is 2.85. The average Bonchev–Trinajstić information content (AvgIpc) is 2.32. The van der Waals surface area contributed by atoms with Crippen LogP contribution in [-0.2, 0) is 4.74 Å². The first-order valence-corrected chi connectivity index (χ1v) is 5.52. The quantitative estimate of drug-likeness (QED) is 0.720. The number of hydrogen-bond acceptors (Lipinski definition) is 3. The van der Waals surface area contributed by atoms with E-state index in [2.05, 4.69) is 27.7 Å². The number of aliphatic hydroxyl groups excluding tert-OH is 1. The Hall–Kier alpha value is -0.120. The van der Waals surface area contributed by atoms with Gasteiger partial charge in [-0.25, -0.2) is 0 Å². The summed E-state index contributed by atoms with van der Waals surface area (Å²) in [5.41, 5.74) is 5.91. The zero-order valence-electron chi connectivity index (χ0n) is 9.60. The van der Waals surface area contributed by atoms with Gasteiger partial charge in [0.25, 0.3) is 0 Å². The first-order chi connectivity index (χ1) is 6.43. The lowest BCUT2D eigenvalue weighted by molar-refractivity contribution is -0.0159. The molecule has 0 aromatic heterocycles. The second kappa shape index (κ2) is 4.60. The highest BCUT2D eigenvalue weighted by atomic mass is 16.5. The molecule has 3 nitrogen and oxygen atoms in total. The van der Waals surface area contributed by atoms with E-state index in [1.165, 1.54) is 0 Å². The average molecular weight is 201 g/mol. The lowest BCUT2D eigenvalue weighted by atomic mass is 9.95. The Bertz CT molecular complexity index is 182. The molecular formula is C11H23NO2. The van der Waals surface area contributed by atoms with Crippen molar-refractivity contribution in [1.82, 2.24) is 0 Å². The minimum absolute atomic E-state index is 0.00810. The number of rotatable bonds is 3. The molecule has 84 valence electrons. The van der Waals surface area contributed by atoms with E-state index in [0.717, 1.165) is 6.42 Å². The standard InChI is InChI=1S/C11H23NO2/c1-6(2)5-8-10(13)9(12)11(14-8)7(3)4/h6-11,13H,5,12H2,1-4H3/t8-,9-,10-,11+/m1/s1. The third-order valence-electron chi connectivity index (χ3n) is 2.85. The Kier molecular flexibility index (Phi) is 3.93. The van der Waals surface area contributed by atoms with Gasteiger partial charge in [-0.05, 0) is 18.3 Å². The second-order valence-electron chi connectivity index (χ2n) is 5.08. The Balaban J connectivity index is 2.57. The molecule has 1 aliphatic rings. The van der Waals surface area contributed by atoms with Gasteiger partial charge in [-0.1, -0.05) is 27.7 Å². The van der Waals surface area contributed by atoms with E-state index in [4.69, 9.17) is 10.5 Å². The van der Waals surface area contributed by atoms with Crippen LogP contribution in [0.4, 0.5) is 0 Å². The van der Waals surface area contributed by atoms with Crippen LogP contribution < -0.4 is 5.73 Å². The molecule has 0 saturated carbocycles. The van der Waals surface area contributed by atoms with Gasteiger partial charge in [0.1, 0.15) is 0 Å². The summed E-state index contributed by atoms with van der Waals surface area (Å²) in [4.78, 5) is 0. The van der Waals surface area contributed by atoms with Gasteiger partial charge in [-0.2, -0.15) is 0 Å². The van der Waals surface area contributed by atoms with E-state index in [1.54, 1.807) is 0 Å². The fourth-order valence-corrected chi connectivity index (χ4v) is 2.08. The molecule has 3 heteroatoms. The van der Waals surface area contributed by atoms with Crippen LogP contribution in [-0.4, -0.2) is 29.5 Å². The molecule has 1 heterocycles. The van der Waals surface area contributed by atoms with Crippen LogP contribution >= 0.6 is 0 Å². The molecule has 0 spiro atoms. The predicted octanol–water partition coefficient (Wildman–Crippen LogP) is 1.14. The molecule has 1 rings (SSSR count). The highest BCUT2D eigenvalue weighted by Crippen LogP contribution is 2.28. The Morgan fingerprint density at radius 2 is 1.86 bits per heavy atom. The molecule has 14 heavy (non-hydrogen) atoms. The Morgan fingerprint density at radius 1 is 1.29 bits per heavy atom. The molecule has 4 atom stereocenters. The van der Waals surface area contributed by atoms with Crippen molar-refractivity contribution in [2.75, 3.05) is 0 Å². The maximum absolute atomic E-state index is 9.88. The Morgan fingerprint density at radius 3 is 2.21 bits per heavy atom. The van der Waals surface area contributed by atoms with Crippen molar-refractivity contribution in [3.8, 4) is 0 Å². The molecule has 3 N–H and O–H groups in total. The molecule has 0 aromatic carbocycles. The van der Waals surface area contributed by atoms with Crippen molar-refractivity contribution in [3.63, 3.8) is 0 Å². The fourth-order valence-electron chi connectivity index (χ4n) is 2.08. The number of ether oxygens (including phenoxy) is 1. The maximum atomic E-state index is 9.88. The van der Waals surface area contributed by atoms with E-state index >= 15 is 0 Å². The molecular weight excluding hydrogens is 178 g/mol. The van der Waals surface area contributed by atoms with Crippen molar-refractivity contribution < 1.29 is 9.84 Å². The molecule has 0 aromatic rings. The van der Waals surface area contributed by atoms with Crippen LogP contribution in [0.1, 0.15) is 34.1 Å². The first kappa shape index (κ1) is 12.0. The van der Waals surface area contributed by atoms with Crippen LogP contribution in [0.15, 0.2) is 0 Å². The van der Waals surface area contributed by atoms with E-state index in [9.17, 15) is 5.11 Å². The van der Waals surface area contributed by atoms with Crippen LogP contribution in [0.2, 0.25) is 0 Å². The summed E-state index contributed by atoms with van der Waals surface area (Å²) in [6.07, 6.45) is 0.328. The van der Waals surface area contributed by atoms with Gasteiger partial charge in [-0.15, -0.1) is 0 Å². The molecule has 0 amide bonds. The molecule has 0 aliphatic carbocycles. The van der Waals surface area contributed by atoms with Gasteiger partial charge >= 0.3 is 0 Å². The molecule has 1 saturated heterocycles. The monoisotopic (exact) mass is 201 g/mol. The summed E-state index contributed by atoms with van der Waals surface area (Å²) in [6, 6.07) is -0.223. The van der Waals surface area contributed by atoms with Crippen molar-refractivity contribution in [2.24, 2.45) is 17.6 Å². The third kappa shape index (κ3) is 2.47. The first-order valence-electron chi connectivity index (χ1n) is 5.52. The highest BCUT2D eigenvalue weighted by molar-refractivity contribution is 4.94. The lowest BCUT2D eigenvalue weighted by Gasteiger charge is -2.19. The van der Waals surface area contributed by atoms with Gasteiger partial charge in [0.2, 0.25) is 0 Å². The van der Waals surface area contributed by atoms with Crippen molar-refractivity contribution >= 4 is 0 Å². The summed E-state index contributed by atoms with van der Waals surface area (Å²) in [7, 11) is 0. The molecule has 1 aliphatic heterocycles. The molecule has 0 unspecified atom stereocenters. The van der Waals surface area contributed by atoms with Crippen LogP contribution in [0.3, 0.4) is 0 Å². The summed E-state index contributed by atoms with van der Waals surface area (Å²) >= 11 is 0. The van der Waals surface area contributed by atoms with Crippen LogP contribution in [0, 0.1) is 11.8 Å². The van der Waals surface area contributed by atoms with Gasteiger partial charge in [-0.3, -0.25) is 0 Å². The van der Waals surface area contributed by atoms with E-state index < -0.39 is 6.10 Å². The van der Waals surface area contributed by atoms with Crippen LogP contribution in [0.5, 0.6) is 0 Å². The molecule has 0 bridgehead atoms. The number of hydrogen-bond donors (Lipinski definition) is 2. The zero-order chi connectivity index (χ0) is 10.9. The zero-order valence-corrected chi connectivity index (χ0v) is 9.60. The fraction of sp³-hybridized carbons (Fsp3) is 1.00. The summed E-state index contributed by atoms with van der Waals surface area (Å²) in [5, 5.41) is 9.88. The van der Waals surface area contributed by atoms with Crippen molar-refractivity contribution in [3.05, 3.63) is 0 Å². The van der Waals surface area contributed by atoms with E-state index in [0.29, 0.717) is 11.8 Å². The minimum Gasteiger partial charge on any atom is -0.389 e. The van der Waals surface area contributed by atoms with Gasteiger partial charge in [0.05, 0.1) is 24.4 Å². The SMILES string of the molecule is CC(C)C[C@H]1O[C@@H](C(C)C)[C@H](N)[C@@H]1O. The number of nitrogens with two attached hydrogens (primary N) is 1. The summed E-state index contributed by atoms with van der Waals surface area (Å²) in [5.74, 6) is 0.907. The maximum Gasteiger partial charge on any atom is 0.0977 e. The summed E-state index contributed by atoms with van der Waals surface area (Å²) < 4.78 is 5.78. The lowest BCUT2D eigenvalue weighted by Crippen LogP contribution is -2.42. The predicted molar refractivity (Wildman–Crippen MR) is 56.9 cm³/mol. The molecule has 0 radical (unpaired) electrons.